The zero-order valence-electron chi connectivity index (χ0n) is 5.36. The average molecular weight is 160 g/mol. The van der Waals surface area contributed by atoms with Gasteiger partial charge in [-0.15, -0.1) is 4.89 Å². The van der Waals surface area contributed by atoms with Gasteiger partial charge in [-0.05, 0) is 0 Å². The van der Waals surface area contributed by atoms with Crippen molar-refractivity contribution in [3.63, 3.8) is 0 Å². The van der Waals surface area contributed by atoms with E-state index in [2.05, 4.69) is 14.5 Å². The van der Waals surface area contributed by atoms with Gasteiger partial charge < -0.3 is 4.74 Å². The molecule has 1 rings (SSSR count). The highest BCUT2D eigenvalue weighted by molar-refractivity contribution is 6.36. The first-order chi connectivity index (χ1) is 5.20. The maximum atomic E-state index is 10.5. The average Bonchev–Trinajstić information content (AvgIpc) is 1.95. The number of hydrogen-bond donors (Lipinski definition) is 0. The third-order valence-electron chi connectivity index (χ3n) is 0.923. The van der Waals surface area contributed by atoms with Gasteiger partial charge in [0, 0.05) is 0 Å². The van der Waals surface area contributed by atoms with Crippen LogP contribution in [-0.4, -0.2) is 24.5 Å². The second kappa shape index (κ2) is 3.11. The molecule has 60 valence electrons. The van der Waals surface area contributed by atoms with Crippen LogP contribution >= 0.6 is 0 Å². The van der Waals surface area contributed by atoms with Gasteiger partial charge in [0.05, 0.1) is 0 Å². The second-order valence-electron chi connectivity index (χ2n) is 1.72. The van der Waals surface area contributed by atoms with Gasteiger partial charge in [0.1, 0.15) is 6.42 Å². The third kappa shape index (κ3) is 2.01. The maximum Gasteiger partial charge on any atom is 0.377 e. The van der Waals surface area contributed by atoms with E-state index in [9.17, 15) is 14.4 Å². The molecule has 0 aromatic carbocycles. The normalized spacial score (nSPS) is 19.8. The number of cyclic esters (lactones) is 1. The number of hydrogen-bond acceptors (Lipinski definition) is 6. The third-order valence-corrected chi connectivity index (χ3v) is 0.923. The largest absolute Gasteiger partial charge is 0.429 e. The van der Waals surface area contributed by atoms with Crippen molar-refractivity contribution in [2.75, 3.05) is 6.79 Å². The Kier molecular flexibility index (Phi) is 2.17. The Morgan fingerprint density at radius 2 is 1.91 bits per heavy atom. The standard InChI is InChI=1S/C5H4O6/c6-3-1-4(7)11-10-2-9-5(3)8/h1-2H2. The molecular formula is C5H4O6. The fourth-order valence-electron chi connectivity index (χ4n) is 0.481. The van der Waals surface area contributed by atoms with Crippen molar-refractivity contribution >= 4 is 17.7 Å². The number of ether oxygens (including phenoxy) is 1. The molecule has 6 nitrogen and oxygen atoms in total. The maximum absolute atomic E-state index is 10.5. The van der Waals surface area contributed by atoms with Gasteiger partial charge >= 0.3 is 11.9 Å². The van der Waals surface area contributed by atoms with Crippen LogP contribution in [-0.2, 0) is 28.9 Å². The number of esters is 1. The number of ketones is 1. The number of Topliss-reactive ketones (excluding diaryl/α,β-unsaturated/α-hetero) is 1. The quantitative estimate of drug-likeness (QED) is 0.194. The van der Waals surface area contributed by atoms with Crippen LogP contribution in [0, 0.1) is 0 Å². The van der Waals surface area contributed by atoms with E-state index in [1.165, 1.54) is 0 Å². The van der Waals surface area contributed by atoms with Crippen molar-refractivity contribution in [1.82, 2.24) is 0 Å². The molecule has 0 bridgehead atoms. The molecule has 1 aliphatic rings. The molecule has 0 aromatic heterocycles. The van der Waals surface area contributed by atoms with E-state index in [0.29, 0.717) is 0 Å². The molecule has 1 fully saturated rings. The summed E-state index contributed by atoms with van der Waals surface area (Å²) in [6, 6.07) is 0. The van der Waals surface area contributed by atoms with E-state index in [0.717, 1.165) is 0 Å². The highest BCUT2D eigenvalue weighted by Crippen LogP contribution is 1.97. The Balaban J connectivity index is 2.59. The molecule has 0 spiro atoms. The lowest BCUT2D eigenvalue weighted by Gasteiger charge is -2.07. The van der Waals surface area contributed by atoms with E-state index in [4.69, 9.17) is 0 Å². The van der Waals surface area contributed by atoms with Crippen molar-refractivity contribution < 1.29 is 28.9 Å². The Hall–Kier alpha value is -1.43. The van der Waals surface area contributed by atoms with Gasteiger partial charge in [0.2, 0.25) is 6.79 Å². The number of rotatable bonds is 0. The fraction of sp³-hybridized carbons (Fsp3) is 0.400. The van der Waals surface area contributed by atoms with Crippen molar-refractivity contribution in [1.29, 1.82) is 0 Å². The molecule has 0 aromatic rings. The van der Waals surface area contributed by atoms with Gasteiger partial charge in [-0.2, -0.15) is 0 Å². The zero-order valence-corrected chi connectivity index (χ0v) is 5.36. The van der Waals surface area contributed by atoms with E-state index in [1.54, 1.807) is 0 Å². The molecule has 1 heterocycles. The fourth-order valence-corrected chi connectivity index (χ4v) is 0.481. The highest BCUT2D eigenvalue weighted by atomic mass is 17.2. The first-order valence-electron chi connectivity index (χ1n) is 2.72. The summed E-state index contributed by atoms with van der Waals surface area (Å²) >= 11 is 0. The molecule has 0 N–H and O–H groups in total. The van der Waals surface area contributed by atoms with Crippen LogP contribution in [0.5, 0.6) is 0 Å². The molecular weight excluding hydrogens is 156 g/mol. The minimum Gasteiger partial charge on any atom is -0.429 e. The second-order valence-corrected chi connectivity index (χ2v) is 1.72. The van der Waals surface area contributed by atoms with Gasteiger partial charge in [0.25, 0.3) is 5.78 Å². The van der Waals surface area contributed by atoms with Crippen LogP contribution in [0.3, 0.4) is 0 Å². The molecule has 6 heteroatoms. The van der Waals surface area contributed by atoms with E-state index >= 15 is 0 Å². The van der Waals surface area contributed by atoms with Crippen LogP contribution < -0.4 is 0 Å². The minimum atomic E-state index is -1.08. The molecule has 0 aliphatic carbocycles. The van der Waals surface area contributed by atoms with Gasteiger partial charge in [-0.3, -0.25) is 9.68 Å². The SMILES string of the molecule is O=C1CC(=O)C(=O)OCOO1. The van der Waals surface area contributed by atoms with Crippen molar-refractivity contribution in [3.05, 3.63) is 0 Å². The number of carbonyl (C=O) groups is 3. The minimum absolute atomic E-state index is 0.545. The molecule has 0 unspecified atom stereocenters. The summed E-state index contributed by atoms with van der Waals surface area (Å²) in [5, 5.41) is 0. The summed E-state index contributed by atoms with van der Waals surface area (Å²) in [4.78, 5) is 39.4. The topological polar surface area (TPSA) is 78.9 Å². The predicted molar refractivity (Wildman–Crippen MR) is 27.8 cm³/mol. The Morgan fingerprint density at radius 1 is 1.18 bits per heavy atom. The summed E-state index contributed by atoms with van der Waals surface area (Å²) in [6.07, 6.45) is -0.640. The summed E-state index contributed by atoms with van der Waals surface area (Å²) in [5.41, 5.74) is 0. The van der Waals surface area contributed by atoms with Crippen molar-refractivity contribution in [2.24, 2.45) is 0 Å². The smallest absolute Gasteiger partial charge is 0.377 e. The van der Waals surface area contributed by atoms with Crippen LogP contribution in [0.4, 0.5) is 0 Å². The van der Waals surface area contributed by atoms with E-state index < -0.39 is 30.9 Å². The summed E-state index contributed by atoms with van der Waals surface area (Å²) in [5.74, 6) is -2.91. The molecule has 1 aliphatic heterocycles. The summed E-state index contributed by atoms with van der Waals surface area (Å²) in [7, 11) is 0. The molecule has 0 amide bonds. The van der Waals surface area contributed by atoms with Gasteiger partial charge in [-0.25, -0.2) is 9.59 Å². The van der Waals surface area contributed by atoms with Gasteiger partial charge in [-0.1, -0.05) is 0 Å². The molecule has 11 heavy (non-hydrogen) atoms. The Bertz CT molecular complexity index is 207. The van der Waals surface area contributed by atoms with Gasteiger partial charge in [0.15, 0.2) is 0 Å². The van der Waals surface area contributed by atoms with Crippen molar-refractivity contribution in [2.45, 2.75) is 6.42 Å². The summed E-state index contributed by atoms with van der Waals surface area (Å²) < 4.78 is 4.16. The number of carbonyl (C=O) groups excluding carboxylic acids is 3. The molecule has 0 radical (unpaired) electrons. The van der Waals surface area contributed by atoms with E-state index in [1.807, 2.05) is 0 Å². The molecule has 0 saturated carbocycles. The Labute approximate surface area is 60.9 Å². The summed E-state index contributed by atoms with van der Waals surface area (Å²) in [6.45, 7) is -0.545. The van der Waals surface area contributed by atoms with Crippen LogP contribution in [0.15, 0.2) is 0 Å². The molecule has 0 atom stereocenters. The zero-order chi connectivity index (χ0) is 8.27. The van der Waals surface area contributed by atoms with Crippen LogP contribution in [0.1, 0.15) is 6.42 Å². The first-order valence-corrected chi connectivity index (χ1v) is 2.72. The predicted octanol–water partition coefficient (Wildman–Crippen LogP) is -1.07. The van der Waals surface area contributed by atoms with Crippen molar-refractivity contribution in [3.8, 4) is 0 Å². The highest BCUT2D eigenvalue weighted by Gasteiger charge is 2.23. The molecule has 1 saturated heterocycles. The first kappa shape index (κ1) is 7.67. The van der Waals surface area contributed by atoms with E-state index in [-0.39, 0.29) is 0 Å². The lowest BCUT2D eigenvalue weighted by molar-refractivity contribution is -0.307. The Morgan fingerprint density at radius 3 is 2.64 bits per heavy atom. The van der Waals surface area contributed by atoms with Crippen LogP contribution in [0.25, 0.3) is 0 Å². The lowest BCUT2D eigenvalue weighted by Crippen LogP contribution is -2.26. The monoisotopic (exact) mass is 160 g/mol. The van der Waals surface area contributed by atoms with Crippen LogP contribution in [0.2, 0.25) is 0 Å². The lowest BCUT2D eigenvalue weighted by atomic mass is 10.3.